The fourth-order valence-corrected chi connectivity index (χ4v) is 5.64. The van der Waals surface area contributed by atoms with E-state index in [-0.39, 0.29) is 24.0 Å². The number of hydrogen-bond acceptors (Lipinski definition) is 4. The first kappa shape index (κ1) is 25.4. The second kappa shape index (κ2) is 12.2. The second-order valence-corrected chi connectivity index (χ2v) is 9.59. The molecule has 0 saturated carbocycles. The fourth-order valence-electron chi connectivity index (χ4n) is 4.05. The molecule has 0 amide bonds. The third-order valence-corrected chi connectivity index (χ3v) is 7.55. The standard InChI is InChI=1S/C21H34N4O3S.HI/c1-3-28-19-10-14-24(15-11-19)21(22-2)23-17-18-8-7-9-20(16-18)29(26,27)25-12-5-4-6-13-25;/h7-9,16,19H,3-6,10-15,17H2,1-2H3,(H,22,23);1H. The number of aliphatic imine (C=N–C) groups is 1. The van der Waals surface area contributed by atoms with Gasteiger partial charge >= 0.3 is 0 Å². The highest BCUT2D eigenvalue weighted by atomic mass is 127. The van der Waals surface area contributed by atoms with Crippen molar-refractivity contribution in [3.8, 4) is 0 Å². The maximum atomic E-state index is 12.9. The van der Waals surface area contributed by atoms with Crippen molar-refractivity contribution >= 4 is 40.0 Å². The molecular weight excluding hydrogens is 515 g/mol. The Labute approximate surface area is 198 Å². The summed E-state index contributed by atoms with van der Waals surface area (Å²) >= 11 is 0. The van der Waals surface area contributed by atoms with E-state index < -0.39 is 10.0 Å². The number of ether oxygens (including phenoxy) is 1. The molecule has 170 valence electrons. The first-order valence-electron chi connectivity index (χ1n) is 10.7. The monoisotopic (exact) mass is 550 g/mol. The number of hydrogen-bond donors (Lipinski definition) is 1. The van der Waals surface area contributed by atoms with Gasteiger partial charge < -0.3 is 15.0 Å². The summed E-state index contributed by atoms with van der Waals surface area (Å²) in [6, 6.07) is 7.26. The van der Waals surface area contributed by atoms with Gasteiger partial charge in [0.25, 0.3) is 0 Å². The lowest BCUT2D eigenvalue weighted by Gasteiger charge is -2.34. The normalized spacial score (nSPS) is 19.4. The van der Waals surface area contributed by atoms with Crippen LogP contribution in [0.3, 0.4) is 0 Å². The molecule has 2 aliphatic heterocycles. The van der Waals surface area contributed by atoms with Crippen molar-refractivity contribution in [3.63, 3.8) is 0 Å². The van der Waals surface area contributed by atoms with Gasteiger partial charge in [0, 0.05) is 46.4 Å². The van der Waals surface area contributed by atoms with E-state index in [1.807, 2.05) is 19.1 Å². The predicted octanol–water partition coefficient (Wildman–Crippen LogP) is 3.06. The molecule has 0 radical (unpaired) electrons. The van der Waals surface area contributed by atoms with E-state index in [4.69, 9.17) is 4.74 Å². The molecule has 1 aromatic rings. The lowest BCUT2D eigenvalue weighted by atomic mass is 10.1. The Hall–Kier alpha value is -0.910. The number of rotatable bonds is 6. The predicted molar refractivity (Wildman–Crippen MR) is 131 cm³/mol. The third-order valence-electron chi connectivity index (χ3n) is 5.66. The van der Waals surface area contributed by atoms with Crippen molar-refractivity contribution in [1.29, 1.82) is 0 Å². The highest BCUT2D eigenvalue weighted by molar-refractivity contribution is 14.0. The number of sulfonamides is 1. The molecule has 2 aliphatic rings. The Kier molecular flexibility index (Phi) is 10.3. The van der Waals surface area contributed by atoms with Crippen LogP contribution in [0.4, 0.5) is 0 Å². The van der Waals surface area contributed by atoms with Crippen LogP contribution in [0.5, 0.6) is 0 Å². The van der Waals surface area contributed by atoms with Gasteiger partial charge in [0.1, 0.15) is 0 Å². The first-order valence-corrected chi connectivity index (χ1v) is 12.1. The van der Waals surface area contributed by atoms with Crippen molar-refractivity contribution in [2.45, 2.75) is 56.6 Å². The number of benzene rings is 1. The zero-order valence-electron chi connectivity index (χ0n) is 18.0. The van der Waals surface area contributed by atoms with Crippen LogP contribution < -0.4 is 5.32 Å². The summed E-state index contributed by atoms with van der Waals surface area (Å²) in [5, 5.41) is 3.39. The summed E-state index contributed by atoms with van der Waals surface area (Å²) in [6.07, 6.45) is 5.33. The number of piperidine rings is 2. The molecule has 1 aromatic carbocycles. The van der Waals surface area contributed by atoms with Gasteiger partial charge in [-0.05, 0) is 50.3 Å². The molecule has 0 unspecified atom stereocenters. The van der Waals surface area contributed by atoms with E-state index in [9.17, 15) is 8.42 Å². The van der Waals surface area contributed by atoms with E-state index in [1.54, 1.807) is 23.5 Å². The summed E-state index contributed by atoms with van der Waals surface area (Å²) in [7, 11) is -1.62. The molecule has 0 atom stereocenters. The van der Waals surface area contributed by atoms with Gasteiger partial charge in [0.2, 0.25) is 10.0 Å². The number of likely N-dealkylation sites (tertiary alicyclic amines) is 1. The van der Waals surface area contributed by atoms with Crippen LogP contribution in [0.25, 0.3) is 0 Å². The Balaban J connectivity index is 0.00000320. The lowest BCUT2D eigenvalue weighted by molar-refractivity contribution is 0.0263. The van der Waals surface area contributed by atoms with Crippen LogP contribution in [0.1, 0.15) is 44.6 Å². The number of guanidine groups is 1. The van der Waals surface area contributed by atoms with Crippen molar-refractivity contribution in [2.75, 3.05) is 39.8 Å². The maximum Gasteiger partial charge on any atom is 0.243 e. The number of halogens is 1. The molecule has 0 aromatic heterocycles. The summed E-state index contributed by atoms with van der Waals surface area (Å²) in [4.78, 5) is 7.03. The molecule has 3 rings (SSSR count). The first-order chi connectivity index (χ1) is 14.0. The van der Waals surface area contributed by atoms with Crippen LogP contribution in [-0.4, -0.2) is 69.5 Å². The van der Waals surface area contributed by atoms with Crippen LogP contribution in [0.2, 0.25) is 0 Å². The SMILES string of the molecule is CCOC1CCN(C(=NC)NCc2cccc(S(=O)(=O)N3CCCCC3)c2)CC1.I. The largest absolute Gasteiger partial charge is 0.378 e. The molecule has 2 heterocycles. The maximum absolute atomic E-state index is 12.9. The van der Waals surface area contributed by atoms with E-state index >= 15 is 0 Å². The van der Waals surface area contributed by atoms with Crippen LogP contribution in [0, 0.1) is 0 Å². The Morgan fingerprint density at radius 2 is 1.87 bits per heavy atom. The summed E-state index contributed by atoms with van der Waals surface area (Å²) < 4.78 is 33.2. The van der Waals surface area contributed by atoms with E-state index in [0.717, 1.165) is 63.3 Å². The van der Waals surface area contributed by atoms with Crippen molar-refractivity contribution in [1.82, 2.24) is 14.5 Å². The highest BCUT2D eigenvalue weighted by Gasteiger charge is 2.26. The van der Waals surface area contributed by atoms with Crippen LogP contribution in [0.15, 0.2) is 34.2 Å². The van der Waals surface area contributed by atoms with Crippen molar-refractivity contribution in [3.05, 3.63) is 29.8 Å². The van der Waals surface area contributed by atoms with Gasteiger partial charge in [-0.3, -0.25) is 4.99 Å². The van der Waals surface area contributed by atoms with Crippen LogP contribution >= 0.6 is 24.0 Å². The van der Waals surface area contributed by atoms with E-state index in [1.165, 1.54) is 0 Å². The van der Waals surface area contributed by atoms with Gasteiger partial charge in [-0.25, -0.2) is 8.42 Å². The highest BCUT2D eigenvalue weighted by Crippen LogP contribution is 2.21. The molecule has 2 fully saturated rings. The number of nitrogens with one attached hydrogen (secondary N) is 1. The fraction of sp³-hybridized carbons (Fsp3) is 0.667. The molecule has 30 heavy (non-hydrogen) atoms. The summed E-state index contributed by atoms with van der Waals surface area (Å²) in [5.74, 6) is 0.851. The Morgan fingerprint density at radius 3 is 2.50 bits per heavy atom. The minimum Gasteiger partial charge on any atom is -0.378 e. The van der Waals surface area contributed by atoms with Gasteiger partial charge in [0.15, 0.2) is 5.96 Å². The molecule has 0 aliphatic carbocycles. The van der Waals surface area contributed by atoms with Gasteiger partial charge in [-0.1, -0.05) is 18.6 Å². The number of nitrogens with zero attached hydrogens (tertiary/aromatic N) is 3. The average molecular weight is 551 g/mol. The summed E-state index contributed by atoms with van der Waals surface area (Å²) in [6.45, 7) is 6.40. The van der Waals surface area contributed by atoms with Gasteiger partial charge in [-0.15, -0.1) is 24.0 Å². The second-order valence-electron chi connectivity index (χ2n) is 7.65. The zero-order valence-corrected chi connectivity index (χ0v) is 21.2. The molecule has 0 bridgehead atoms. The Morgan fingerprint density at radius 1 is 1.17 bits per heavy atom. The zero-order chi connectivity index (χ0) is 20.7. The molecule has 7 nitrogen and oxygen atoms in total. The smallest absolute Gasteiger partial charge is 0.243 e. The van der Waals surface area contributed by atoms with Crippen molar-refractivity contribution < 1.29 is 13.2 Å². The third kappa shape index (κ3) is 6.54. The summed E-state index contributed by atoms with van der Waals surface area (Å²) in [5.41, 5.74) is 0.938. The quantitative estimate of drug-likeness (QED) is 0.335. The topological polar surface area (TPSA) is 74.2 Å². The Bertz CT molecular complexity index is 789. The minimum absolute atomic E-state index is 0. The average Bonchev–Trinajstić information content (AvgIpc) is 2.76. The lowest BCUT2D eigenvalue weighted by Crippen LogP contribution is -2.46. The van der Waals surface area contributed by atoms with Crippen LogP contribution in [-0.2, 0) is 21.3 Å². The van der Waals surface area contributed by atoms with E-state index in [0.29, 0.717) is 30.6 Å². The molecular formula is C21H35IN4O3S. The van der Waals surface area contributed by atoms with Gasteiger partial charge in [0.05, 0.1) is 11.0 Å². The molecule has 1 N–H and O–H groups in total. The van der Waals surface area contributed by atoms with Crippen molar-refractivity contribution in [2.24, 2.45) is 4.99 Å². The molecule has 9 heteroatoms. The molecule has 2 saturated heterocycles. The van der Waals surface area contributed by atoms with Gasteiger partial charge in [-0.2, -0.15) is 4.31 Å². The molecule has 0 spiro atoms. The van der Waals surface area contributed by atoms with E-state index in [2.05, 4.69) is 15.2 Å². The minimum atomic E-state index is -3.41.